The monoisotopic (exact) mass is 290 g/mol. The molecule has 0 atom stereocenters. The van der Waals surface area contributed by atoms with Gasteiger partial charge in [0.25, 0.3) is 5.91 Å². The van der Waals surface area contributed by atoms with Crippen LogP contribution in [0.1, 0.15) is 24.8 Å². The summed E-state index contributed by atoms with van der Waals surface area (Å²) in [6.45, 7) is 4.13. The average Bonchev–Trinajstić information content (AvgIpc) is 2.49. The summed E-state index contributed by atoms with van der Waals surface area (Å²) >= 11 is 0. The smallest absolute Gasteiger partial charge is 0.306 e. The van der Waals surface area contributed by atoms with E-state index in [2.05, 4.69) is 21.1 Å². The molecular formula is C15H22N4O2. The molecule has 1 saturated heterocycles. The molecule has 0 radical (unpaired) electrons. The van der Waals surface area contributed by atoms with Crippen LogP contribution >= 0.6 is 0 Å². The fraction of sp³-hybridized carbons (Fsp3) is 0.467. The van der Waals surface area contributed by atoms with E-state index < -0.39 is 6.03 Å². The van der Waals surface area contributed by atoms with Crippen molar-refractivity contribution >= 4 is 17.6 Å². The number of hydrogen-bond donors (Lipinski definition) is 3. The Balaban J connectivity index is 1.71. The molecule has 0 spiro atoms. The van der Waals surface area contributed by atoms with Gasteiger partial charge in [-0.25, -0.2) is 10.2 Å². The van der Waals surface area contributed by atoms with E-state index in [0.29, 0.717) is 6.54 Å². The largest absolute Gasteiger partial charge is 0.337 e. The van der Waals surface area contributed by atoms with Gasteiger partial charge in [0.05, 0.1) is 6.54 Å². The summed E-state index contributed by atoms with van der Waals surface area (Å²) in [4.78, 5) is 25.5. The molecule has 1 heterocycles. The third-order valence-electron chi connectivity index (χ3n) is 3.52. The van der Waals surface area contributed by atoms with Gasteiger partial charge in [0, 0.05) is 5.69 Å². The highest BCUT2D eigenvalue weighted by Crippen LogP contribution is 2.12. The first-order valence-electron chi connectivity index (χ1n) is 7.29. The number of urea groups is 1. The lowest BCUT2D eigenvalue weighted by atomic mass is 10.1. The number of piperidine rings is 1. The van der Waals surface area contributed by atoms with Gasteiger partial charge < -0.3 is 5.32 Å². The molecule has 6 nitrogen and oxygen atoms in total. The number of aryl methyl sites for hydroxylation is 1. The standard InChI is InChI=1S/C15H22N4O2/c1-12-7-3-4-8-13(12)16-15(21)18-17-14(20)11-19-9-5-2-6-10-19/h3-4,7-8H,2,5-6,9-11H2,1H3,(H,17,20)(H2,16,18,21). The number of hydrazine groups is 1. The highest BCUT2D eigenvalue weighted by Gasteiger charge is 2.14. The predicted octanol–water partition coefficient (Wildman–Crippen LogP) is 1.63. The highest BCUT2D eigenvalue weighted by molar-refractivity contribution is 5.91. The zero-order valence-electron chi connectivity index (χ0n) is 12.3. The minimum atomic E-state index is -0.448. The van der Waals surface area contributed by atoms with Crippen molar-refractivity contribution in [3.63, 3.8) is 0 Å². The van der Waals surface area contributed by atoms with Gasteiger partial charge in [-0.2, -0.15) is 0 Å². The quantitative estimate of drug-likeness (QED) is 0.741. The molecule has 0 saturated carbocycles. The van der Waals surface area contributed by atoms with Crippen LogP contribution in [0.3, 0.4) is 0 Å². The Morgan fingerprint density at radius 2 is 1.81 bits per heavy atom. The summed E-state index contributed by atoms with van der Waals surface area (Å²) in [6, 6.07) is 7.02. The molecular weight excluding hydrogens is 268 g/mol. The second kappa shape index (κ2) is 7.64. The Morgan fingerprint density at radius 1 is 1.10 bits per heavy atom. The maximum atomic E-state index is 11.7. The SMILES string of the molecule is Cc1ccccc1NC(=O)NNC(=O)CN1CCCCC1. The van der Waals surface area contributed by atoms with E-state index in [1.807, 2.05) is 31.2 Å². The molecule has 0 bridgehead atoms. The van der Waals surface area contributed by atoms with Gasteiger partial charge in [0.15, 0.2) is 0 Å². The molecule has 3 amide bonds. The molecule has 3 N–H and O–H groups in total. The Hall–Kier alpha value is -2.08. The number of para-hydroxylation sites is 1. The van der Waals surface area contributed by atoms with E-state index in [-0.39, 0.29) is 5.91 Å². The lowest BCUT2D eigenvalue weighted by molar-refractivity contribution is -0.123. The van der Waals surface area contributed by atoms with Crippen molar-refractivity contribution in [1.29, 1.82) is 0 Å². The number of carbonyl (C=O) groups is 2. The van der Waals surface area contributed by atoms with Crippen molar-refractivity contribution in [1.82, 2.24) is 15.8 Å². The number of amides is 3. The number of benzene rings is 1. The van der Waals surface area contributed by atoms with Gasteiger partial charge in [0.2, 0.25) is 0 Å². The van der Waals surface area contributed by atoms with E-state index in [1.54, 1.807) is 0 Å². The van der Waals surface area contributed by atoms with Gasteiger partial charge in [-0.05, 0) is 44.5 Å². The molecule has 2 rings (SSSR count). The van der Waals surface area contributed by atoms with Gasteiger partial charge in [0.1, 0.15) is 0 Å². The molecule has 0 aliphatic carbocycles. The van der Waals surface area contributed by atoms with E-state index in [0.717, 1.165) is 37.2 Å². The molecule has 1 aromatic rings. The third kappa shape index (κ3) is 5.07. The maximum absolute atomic E-state index is 11.7. The third-order valence-corrected chi connectivity index (χ3v) is 3.52. The number of anilines is 1. The lowest BCUT2D eigenvalue weighted by Crippen LogP contribution is -2.48. The van der Waals surface area contributed by atoms with Crippen molar-refractivity contribution in [2.75, 3.05) is 25.0 Å². The molecule has 1 aromatic carbocycles. The molecule has 21 heavy (non-hydrogen) atoms. The fourth-order valence-corrected chi connectivity index (χ4v) is 2.35. The van der Waals surface area contributed by atoms with E-state index in [4.69, 9.17) is 0 Å². The molecule has 1 fully saturated rings. The second-order valence-corrected chi connectivity index (χ2v) is 5.28. The topological polar surface area (TPSA) is 73.5 Å². The van der Waals surface area contributed by atoms with Crippen molar-refractivity contribution in [2.24, 2.45) is 0 Å². The van der Waals surface area contributed by atoms with Gasteiger partial charge in [-0.3, -0.25) is 15.1 Å². The van der Waals surface area contributed by atoms with E-state index >= 15 is 0 Å². The molecule has 1 aliphatic heterocycles. The molecule has 6 heteroatoms. The minimum absolute atomic E-state index is 0.197. The zero-order chi connectivity index (χ0) is 15.1. The van der Waals surface area contributed by atoms with Crippen LogP contribution in [0, 0.1) is 6.92 Å². The summed E-state index contributed by atoms with van der Waals surface area (Å²) in [5, 5.41) is 2.69. The lowest BCUT2D eigenvalue weighted by Gasteiger charge is -2.25. The molecule has 1 aliphatic rings. The van der Waals surface area contributed by atoms with Crippen molar-refractivity contribution in [3.05, 3.63) is 29.8 Å². The molecule has 114 valence electrons. The van der Waals surface area contributed by atoms with Crippen LogP contribution in [0.25, 0.3) is 0 Å². The second-order valence-electron chi connectivity index (χ2n) is 5.28. The minimum Gasteiger partial charge on any atom is -0.306 e. The summed E-state index contributed by atoms with van der Waals surface area (Å²) in [7, 11) is 0. The summed E-state index contributed by atoms with van der Waals surface area (Å²) in [6.07, 6.45) is 3.50. The van der Waals surface area contributed by atoms with Crippen LogP contribution in [-0.2, 0) is 4.79 Å². The normalized spacial score (nSPS) is 15.3. The summed E-state index contributed by atoms with van der Waals surface area (Å²) in [5.74, 6) is -0.197. The fourth-order valence-electron chi connectivity index (χ4n) is 2.35. The molecule has 0 aromatic heterocycles. The number of nitrogens with zero attached hydrogens (tertiary/aromatic N) is 1. The number of carbonyl (C=O) groups excluding carboxylic acids is 2. The van der Waals surface area contributed by atoms with Crippen LogP contribution in [0.4, 0.5) is 10.5 Å². The Labute approximate surface area is 124 Å². The van der Waals surface area contributed by atoms with Crippen molar-refractivity contribution in [3.8, 4) is 0 Å². The van der Waals surface area contributed by atoms with Gasteiger partial charge in [-0.1, -0.05) is 24.6 Å². The predicted molar refractivity (Wildman–Crippen MR) is 81.8 cm³/mol. The van der Waals surface area contributed by atoms with Crippen LogP contribution in [0.15, 0.2) is 24.3 Å². The first-order valence-corrected chi connectivity index (χ1v) is 7.29. The van der Waals surface area contributed by atoms with Crippen LogP contribution < -0.4 is 16.2 Å². The van der Waals surface area contributed by atoms with Crippen LogP contribution in [-0.4, -0.2) is 36.5 Å². The number of hydrogen-bond acceptors (Lipinski definition) is 3. The van der Waals surface area contributed by atoms with E-state index in [1.165, 1.54) is 6.42 Å². The summed E-state index contributed by atoms with van der Waals surface area (Å²) in [5.41, 5.74) is 6.49. The van der Waals surface area contributed by atoms with Crippen molar-refractivity contribution < 1.29 is 9.59 Å². The number of nitrogens with one attached hydrogen (secondary N) is 3. The van der Waals surface area contributed by atoms with Gasteiger partial charge >= 0.3 is 6.03 Å². The number of likely N-dealkylation sites (tertiary alicyclic amines) is 1. The van der Waals surface area contributed by atoms with Crippen LogP contribution in [0.5, 0.6) is 0 Å². The average molecular weight is 290 g/mol. The zero-order valence-corrected chi connectivity index (χ0v) is 12.3. The Morgan fingerprint density at radius 3 is 2.52 bits per heavy atom. The Bertz CT molecular complexity index is 498. The van der Waals surface area contributed by atoms with Gasteiger partial charge in [-0.15, -0.1) is 0 Å². The summed E-state index contributed by atoms with van der Waals surface area (Å²) < 4.78 is 0. The highest BCUT2D eigenvalue weighted by atomic mass is 16.2. The maximum Gasteiger partial charge on any atom is 0.337 e. The molecule has 0 unspecified atom stereocenters. The van der Waals surface area contributed by atoms with Crippen LogP contribution in [0.2, 0.25) is 0 Å². The number of rotatable bonds is 3. The van der Waals surface area contributed by atoms with Crippen molar-refractivity contribution in [2.45, 2.75) is 26.2 Å². The first-order chi connectivity index (χ1) is 10.1. The van der Waals surface area contributed by atoms with E-state index in [9.17, 15) is 9.59 Å². The first kappa shape index (κ1) is 15.3. The Kier molecular flexibility index (Phi) is 5.57.